The topological polar surface area (TPSA) is 57.7 Å². The van der Waals surface area contributed by atoms with E-state index in [-0.39, 0.29) is 34.8 Å². The minimum Gasteiger partial charge on any atom is -0.340 e. The second-order valence-electron chi connectivity index (χ2n) is 6.61. The fourth-order valence-corrected chi connectivity index (χ4v) is 5.09. The summed E-state index contributed by atoms with van der Waals surface area (Å²) in [6.45, 7) is 3.26. The molecule has 0 radical (unpaired) electrons. The van der Waals surface area contributed by atoms with E-state index in [1.807, 2.05) is 11.8 Å². The van der Waals surface area contributed by atoms with Crippen molar-refractivity contribution in [3.05, 3.63) is 29.0 Å². The Kier molecular flexibility index (Phi) is 5.37. The van der Waals surface area contributed by atoms with Crippen molar-refractivity contribution in [2.45, 2.75) is 43.5 Å². The van der Waals surface area contributed by atoms with Crippen molar-refractivity contribution in [2.24, 2.45) is 5.92 Å². The summed E-state index contributed by atoms with van der Waals surface area (Å²) in [7, 11) is -3.72. The van der Waals surface area contributed by atoms with E-state index < -0.39 is 15.8 Å². The van der Waals surface area contributed by atoms with Gasteiger partial charge in [-0.2, -0.15) is 4.31 Å². The predicted molar refractivity (Wildman–Crippen MR) is 93.3 cm³/mol. The smallest absolute Gasteiger partial charge is 0.243 e. The molecule has 2 aliphatic rings. The number of hydrogen-bond acceptors (Lipinski definition) is 3. The van der Waals surface area contributed by atoms with E-state index in [0.717, 1.165) is 25.0 Å². The summed E-state index contributed by atoms with van der Waals surface area (Å²) >= 11 is 5.70. The molecule has 1 saturated heterocycles. The standard InChI is InChI=1S/C17H22ClFN2O3S/c1-2-21(13-3-4-13)17(22)12-7-9-20(10-8-12)25(23,24)14-5-6-16(19)15(18)11-14/h5-6,11-13H,2-4,7-10H2,1H3. The zero-order chi connectivity index (χ0) is 18.2. The normalized spacial score (nSPS) is 19.8. The molecule has 0 unspecified atom stereocenters. The second kappa shape index (κ2) is 7.21. The van der Waals surface area contributed by atoms with Crippen LogP contribution in [0, 0.1) is 11.7 Å². The largest absolute Gasteiger partial charge is 0.340 e. The maximum atomic E-state index is 13.3. The van der Waals surface area contributed by atoms with Crippen molar-refractivity contribution in [1.82, 2.24) is 9.21 Å². The van der Waals surface area contributed by atoms with E-state index in [1.165, 1.54) is 10.4 Å². The first kappa shape index (κ1) is 18.6. The molecule has 1 aliphatic heterocycles. The second-order valence-corrected chi connectivity index (χ2v) is 8.95. The molecule has 1 heterocycles. The van der Waals surface area contributed by atoms with E-state index in [9.17, 15) is 17.6 Å². The van der Waals surface area contributed by atoms with Crippen LogP contribution in [0.2, 0.25) is 5.02 Å². The lowest BCUT2D eigenvalue weighted by Gasteiger charge is -2.33. The summed E-state index contributed by atoms with van der Waals surface area (Å²) in [6.07, 6.45) is 3.16. The maximum absolute atomic E-state index is 13.3. The van der Waals surface area contributed by atoms with Gasteiger partial charge in [-0.15, -0.1) is 0 Å². The van der Waals surface area contributed by atoms with E-state index in [0.29, 0.717) is 25.4 Å². The van der Waals surface area contributed by atoms with Crippen LogP contribution in [0.1, 0.15) is 32.6 Å². The van der Waals surface area contributed by atoms with Gasteiger partial charge in [0.25, 0.3) is 0 Å². The third-order valence-corrected chi connectivity index (χ3v) is 7.13. The lowest BCUT2D eigenvalue weighted by molar-refractivity contribution is -0.137. The van der Waals surface area contributed by atoms with Crippen LogP contribution in [0.5, 0.6) is 0 Å². The molecule has 1 aromatic carbocycles. The third-order valence-electron chi connectivity index (χ3n) is 4.94. The van der Waals surface area contributed by atoms with Crippen LogP contribution in [0.15, 0.2) is 23.1 Å². The molecule has 0 atom stereocenters. The molecule has 8 heteroatoms. The Morgan fingerprint density at radius 1 is 1.28 bits per heavy atom. The first-order valence-corrected chi connectivity index (χ1v) is 10.4. The number of amides is 1. The molecule has 1 amide bonds. The van der Waals surface area contributed by atoms with E-state index in [2.05, 4.69) is 0 Å². The van der Waals surface area contributed by atoms with Gasteiger partial charge in [0.1, 0.15) is 5.82 Å². The van der Waals surface area contributed by atoms with Crippen molar-refractivity contribution < 1.29 is 17.6 Å². The number of halogens is 2. The maximum Gasteiger partial charge on any atom is 0.243 e. The average Bonchev–Trinajstić information content (AvgIpc) is 3.43. The predicted octanol–water partition coefficient (Wildman–Crippen LogP) is 2.89. The summed E-state index contributed by atoms with van der Waals surface area (Å²) < 4.78 is 40.0. The van der Waals surface area contributed by atoms with E-state index >= 15 is 0 Å². The van der Waals surface area contributed by atoms with Gasteiger partial charge in [0.05, 0.1) is 9.92 Å². The van der Waals surface area contributed by atoms with Crippen LogP contribution in [0.3, 0.4) is 0 Å². The monoisotopic (exact) mass is 388 g/mol. The van der Waals surface area contributed by atoms with Gasteiger partial charge in [0.15, 0.2) is 0 Å². The quantitative estimate of drug-likeness (QED) is 0.779. The lowest BCUT2D eigenvalue weighted by Crippen LogP contribution is -2.45. The van der Waals surface area contributed by atoms with Crippen molar-refractivity contribution in [3.8, 4) is 0 Å². The molecule has 2 fully saturated rings. The van der Waals surface area contributed by atoms with Gasteiger partial charge >= 0.3 is 0 Å². The van der Waals surface area contributed by atoms with Crippen LogP contribution < -0.4 is 0 Å². The van der Waals surface area contributed by atoms with Crippen molar-refractivity contribution in [1.29, 1.82) is 0 Å². The zero-order valence-corrected chi connectivity index (χ0v) is 15.7. The van der Waals surface area contributed by atoms with Gasteiger partial charge in [0, 0.05) is 31.6 Å². The summed E-state index contributed by atoms with van der Waals surface area (Å²) in [5, 5.41) is -0.214. The Balaban J connectivity index is 1.66. The lowest BCUT2D eigenvalue weighted by atomic mass is 9.96. The van der Waals surface area contributed by atoms with Gasteiger partial charge in [-0.25, -0.2) is 12.8 Å². The highest BCUT2D eigenvalue weighted by atomic mass is 35.5. The van der Waals surface area contributed by atoms with Crippen LogP contribution >= 0.6 is 11.6 Å². The van der Waals surface area contributed by atoms with E-state index in [1.54, 1.807) is 0 Å². The Morgan fingerprint density at radius 2 is 1.92 bits per heavy atom. The third kappa shape index (κ3) is 3.83. The average molecular weight is 389 g/mol. The number of carbonyl (C=O) groups excluding carboxylic acids is 1. The number of piperidine rings is 1. The first-order valence-electron chi connectivity index (χ1n) is 8.60. The minimum absolute atomic E-state index is 0.0168. The molecular weight excluding hydrogens is 367 g/mol. The number of sulfonamides is 1. The number of benzene rings is 1. The van der Waals surface area contributed by atoms with Crippen LogP contribution in [-0.2, 0) is 14.8 Å². The summed E-state index contributed by atoms with van der Waals surface area (Å²) in [5.74, 6) is -0.625. The Morgan fingerprint density at radius 3 is 2.44 bits per heavy atom. The fraction of sp³-hybridized carbons (Fsp3) is 0.588. The Hall–Kier alpha value is -1.18. The van der Waals surface area contributed by atoms with Crippen molar-refractivity contribution >= 4 is 27.5 Å². The highest BCUT2D eigenvalue weighted by Crippen LogP contribution is 2.31. The van der Waals surface area contributed by atoms with Crippen LogP contribution in [0.25, 0.3) is 0 Å². The van der Waals surface area contributed by atoms with Gasteiger partial charge in [-0.1, -0.05) is 11.6 Å². The van der Waals surface area contributed by atoms with Crippen molar-refractivity contribution in [3.63, 3.8) is 0 Å². The molecule has 0 aromatic heterocycles. The molecule has 1 saturated carbocycles. The highest BCUT2D eigenvalue weighted by Gasteiger charge is 2.38. The molecule has 5 nitrogen and oxygen atoms in total. The molecule has 1 aromatic rings. The molecule has 3 rings (SSSR count). The number of hydrogen-bond donors (Lipinski definition) is 0. The molecular formula is C17H22ClFN2O3S. The van der Waals surface area contributed by atoms with Gasteiger partial charge in [-0.05, 0) is 50.8 Å². The summed E-state index contributed by atoms with van der Waals surface area (Å²) in [4.78, 5) is 14.5. The first-order chi connectivity index (χ1) is 11.8. The number of nitrogens with zero attached hydrogens (tertiary/aromatic N) is 2. The molecule has 138 valence electrons. The molecule has 1 aliphatic carbocycles. The summed E-state index contributed by atoms with van der Waals surface area (Å²) in [6, 6.07) is 3.79. The van der Waals surface area contributed by atoms with Gasteiger partial charge in [-0.3, -0.25) is 4.79 Å². The Labute approximate surface area is 152 Å². The summed E-state index contributed by atoms with van der Waals surface area (Å²) in [5.41, 5.74) is 0. The molecule has 25 heavy (non-hydrogen) atoms. The minimum atomic E-state index is -3.72. The molecule has 0 bridgehead atoms. The van der Waals surface area contributed by atoms with Crippen LogP contribution in [-0.4, -0.2) is 49.2 Å². The number of carbonyl (C=O) groups is 1. The molecule has 0 spiro atoms. The SMILES string of the molecule is CCN(C(=O)C1CCN(S(=O)(=O)c2ccc(F)c(Cl)c2)CC1)C1CC1. The fourth-order valence-electron chi connectivity index (χ4n) is 3.34. The zero-order valence-electron chi connectivity index (χ0n) is 14.1. The highest BCUT2D eigenvalue weighted by molar-refractivity contribution is 7.89. The van der Waals surface area contributed by atoms with E-state index in [4.69, 9.17) is 11.6 Å². The van der Waals surface area contributed by atoms with Crippen LogP contribution in [0.4, 0.5) is 4.39 Å². The van der Waals surface area contributed by atoms with Crippen molar-refractivity contribution in [2.75, 3.05) is 19.6 Å². The Bertz CT molecular complexity index is 759. The molecule has 0 N–H and O–H groups in total. The van der Waals surface area contributed by atoms with Gasteiger partial charge < -0.3 is 4.90 Å². The van der Waals surface area contributed by atoms with Gasteiger partial charge in [0.2, 0.25) is 15.9 Å². The number of rotatable bonds is 5.